The number of rotatable bonds is 6. The van der Waals surface area contributed by atoms with Gasteiger partial charge in [-0.25, -0.2) is 4.39 Å². The molecule has 0 saturated heterocycles. The first-order chi connectivity index (χ1) is 10.1. The highest BCUT2D eigenvalue weighted by Gasteiger charge is 2.14. The van der Waals surface area contributed by atoms with Crippen LogP contribution in [-0.4, -0.2) is 13.0 Å². The number of ether oxygens (including phenoxy) is 1. The zero-order valence-corrected chi connectivity index (χ0v) is 14.1. The van der Waals surface area contributed by atoms with Crippen molar-refractivity contribution < 1.29 is 9.13 Å². The van der Waals surface area contributed by atoms with Gasteiger partial charge in [-0.15, -0.1) is 11.6 Å². The lowest BCUT2D eigenvalue weighted by Crippen LogP contribution is -2.11. The Bertz CT molecular complexity index is 603. The summed E-state index contributed by atoms with van der Waals surface area (Å²) in [5.74, 6) is 1.38. The zero-order valence-electron chi connectivity index (χ0n) is 11.8. The summed E-state index contributed by atoms with van der Waals surface area (Å²) >= 11 is 9.40. The number of benzene rings is 2. The van der Waals surface area contributed by atoms with Gasteiger partial charge in [-0.3, -0.25) is 0 Å². The Morgan fingerprint density at radius 3 is 2.67 bits per heavy atom. The second-order valence-electron chi connectivity index (χ2n) is 4.99. The monoisotopic (exact) mass is 370 g/mol. The Labute approximate surface area is 138 Å². The quantitative estimate of drug-likeness (QED) is 0.631. The van der Waals surface area contributed by atoms with Crippen LogP contribution in [0, 0.1) is 11.7 Å². The molecule has 0 saturated carbocycles. The summed E-state index contributed by atoms with van der Waals surface area (Å²) in [4.78, 5) is 0. The maximum atomic E-state index is 13.6. The maximum Gasteiger partial charge on any atom is 0.137 e. The Balaban J connectivity index is 2.11. The van der Waals surface area contributed by atoms with E-state index in [1.807, 2.05) is 24.3 Å². The van der Waals surface area contributed by atoms with E-state index in [1.54, 1.807) is 13.2 Å². The first kappa shape index (κ1) is 16.3. The molecule has 4 heteroatoms. The number of methoxy groups -OCH3 is 1. The van der Waals surface area contributed by atoms with E-state index >= 15 is 0 Å². The van der Waals surface area contributed by atoms with Crippen molar-refractivity contribution >= 4 is 27.5 Å². The lowest BCUT2D eigenvalue weighted by molar-refractivity contribution is 0.414. The number of hydrogen-bond acceptors (Lipinski definition) is 1. The molecule has 0 spiro atoms. The molecule has 1 unspecified atom stereocenters. The molecule has 112 valence electrons. The molecule has 0 amide bonds. The topological polar surface area (TPSA) is 9.23 Å². The van der Waals surface area contributed by atoms with Crippen molar-refractivity contribution in [1.29, 1.82) is 0 Å². The van der Waals surface area contributed by atoms with E-state index in [1.165, 1.54) is 11.6 Å². The summed E-state index contributed by atoms with van der Waals surface area (Å²) in [6.07, 6.45) is 1.57. The number of alkyl halides is 1. The summed E-state index contributed by atoms with van der Waals surface area (Å²) in [6.45, 7) is 0. The Kier molecular flexibility index (Phi) is 6.07. The Morgan fingerprint density at radius 2 is 1.95 bits per heavy atom. The van der Waals surface area contributed by atoms with Crippen LogP contribution >= 0.6 is 27.5 Å². The van der Waals surface area contributed by atoms with Crippen molar-refractivity contribution in [2.75, 3.05) is 13.0 Å². The molecule has 0 N–H and O–H groups in total. The summed E-state index contributed by atoms with van der Waals surface area (Å²) in [5.41, 5.74) is 2.12. The molecule has 21 heavy (non-hydrogen) atoms. The minimum Gasteiger partial charge on any atom is -0.497 e. The van der Waals surface area contributed by atoms with Crippen molar-refractivity contribution in [3.63, 3.8) is 0 Å². The van der Waals surface area contributed by atoms with E-state index in [-0.39, 0.29) is 11.7 Å². The van der Waals surface area contributed by atoms with Crippen LogP contribution in [0.25, 0.3) is 0 Å². The molecule has 0 aromatic heterocycles. The fourth-order valence-electron chi connectivity index (χ4n) is 2.33. The van der Waals surface area contributed by atoms with E-state index in [0.29, 0.717) is 10.4 Å². The smallest absolute Gasteiger partial charge is 0.137 e. The number of halogens is 3. The molecule has 1 atom stereocenters. The third-order valence-electron chi connectivity index (χ3n) is 3.42. The molecular formula is C17H17BrClFO. The second kappa shape index (κ2) is 7.81. The van der Waals surface area contributed by atoms with E-state index in [9.17, 15) is 4.39 Å². The summed E-state index contributed by atoms with van der Waals surface area (Å²) in [5, 5.41) is 0. The van der Waals surface area contributed by atoms with Gasteiger partial charge in [-0.2, -0.15) is 0 Å². The highest BCUT2D eigenvalue weighted by molar-refractivity contribution is 9.10. The molecule has 0 aliphatic heterocycles. The molecule has 2 rings (SSSR count). The maximum absolute atomic E-state index is 13.6. The minimum atomic E-state index is -0.234. The van der Waals surface area contributed by atoms with Crippen LogP contribution in [0.2, 0.25) is 0 Å². The average molecular weight is 372 g/mol. The molecular weight excluding hydrogens is 355 g/mol. The molecule has 2 aromatic rings. The lowest BCUT2D eigenvalue weighted by atomic mass is 9.94. The molecule has 0 bridgehead atoms. The van der Waals surface area contributed by atoms with E-state index in [2.05, 4.69) is 22.0 Å². The van der Waals surface area contributed by atoms with Gasteiger partial charge in [0.25, 0.3) is 0 Å². The van der Waals surface area contributed by atoms with Crippen molar-refractivity contribution in [1.82, 2.24) is 0 Å². The van der Waals surface area contributed by atoms with Crippen molar-refractivity contribution in [3.05, 3.63) is 63.9 Å². The summed E-state index contributed by atoms with van der Waals surface area (Å²) < 4.78 is 19.3. The Hall–Kier alpha value is -1.06. The van der Waals surface area contributed by atoms with Gasteiger partial charge in [-0.1, -0.05) is 24.3 Å². The molecule has 2 aromatic carbocycles. The highest BCUT2D eigenvalue weighted by Crippen LogP contribution is 2.25. The summed E-state index contributed by atoms with van der Waals surface area (Å²) in [7, 11) is 1.65. The van der Waals surface area contributed by atoms with Crippen molar-refractivity contribution in [3.8, 4) is 5.75 Å². The van der Waals surface area contributed by atoms with Crippen molar-refractivity contribution in [2.45, 2.75) is 12.8 Å². The van der Waals surface area contributed by atoms with Gasteiger partial charge < -0.3 is 4.74 Å². The lowest BCUT2D eigenvalue weighted by Gasteiger charge is -2.16. The normalized spacial score (nSPS) is 12.2. The van der Waals surface area contributed by atoms with Crippen LogP contribution in [0.15, 0.2) is 46.9 Å². The van der Waals surface area contributed by atoms with Crippen molar-refractivity contribution in [2.24, 2.45) is 5.92 Å². The largest absolute Gasteiger partial charge is 0.497 e. The van der Waals surface area contributed by atoms with Crippen LogP contribution in [0.4, 0.5) is 4.39 Å². The SMILES string of the molecule is COc1cccc(CC(CCl)Cc2cccc(F)c2Br)c1. The third-order valence-corrected chi connectivity index (χ3v) is 4.74. The summed E-state index contributed by atoms with van der Waals surface area (Å²) in [6, 6.07) is 13.1. The van der Waals surface area contributed by atoms with Crippen LogP contribution in [0.5, 0.6) is 5.75 Å². The molecule has 0 aliphatic carbocycles. The van der Waals surface area contributed by atoms with Gasteiger partial charge in [0, 0.05) is 5.88 Å². The van der Waals surface area contributed by atoms with Crippen LogP contribution in [0.3, 0.4) is 0 Å². The highest BCUT2D eigenvalue weighted by atomic mass is 79.9. The fourth-order valence-corrected chi connectivity index (χ4v) is 2.98. The van der Waals surface area contributed by atoms with Crippen LogP contribution in [0.1, 0.15) is 11.1 Å². The number of hydrogen-bond donors (Lipinski definition) is 0. The van der Waals surface area contributed by atoms with Crippen LogP contribution < -0.4 is 4.74 Å². The first-order valence-electron chi connectivity index (χ1n) is 6.75. The van der Waals surface area contributed by atoms with Gasteiger partial charge in [0.1, 0.15) is 11.6 Å². The predicted molar refractivity (Wildman–Crippen MR) is 88.7 cm³/mol. The Morgan fingerprint density at radius 1 is 1.19 bits per heavy atom. The fraction of sp³-hybridized carbons (Fsp3) is 0.294. The molecule has 0 aliphatic rings. The van der Waals surface area contributed by atoms with Gasteiger partial charge in [0.15, 0.2) is 0 Å². The standard InChI is InChI=1S/C17H17BrClFO/c1-21-15-6-2-4-12(10-15)8-13(11-19)9-14-5-3-7-16(20)17(14)18/h2-7,10,13H,8-9,11H2,1H3. The average Bonchev–Trinajstić information content (AvgIpc) is 2.51. The van der Waals surface area contributed by atoms with E-state index < -0.39 is 0 Å². The van der Waals surface area contributed by atoms with Gasteiger partial charge in [-0.05, 0) is 64.0 Å². The molecule has 0 radical (unpaired) electrons. The zero-order chi connectivity index (χ0) is 15.2. The van der Waals surface area contributed by atoms with Gasteiger partial charge in [0.05, 0.1) is 11.6 Å². The predicted octanol–water partition coefficient (Wildman–Crippen LogP) is 5.24. The van der Waals surface area contributed by atoms with Gasteiger partial charge in [0.2, 0.25) is 0 Å². The molecule has 0 heterocycles. The van der Waals surface area contributed by atoms with Crippen LogP contribution in [-0.2, 0) is 12.8 Å². The molecule has 0 fully saturated rings. The third kappa shape index (κ3) is 4.45. The minimum absolute atomic E-state index is 0.234. The van der Waals surface area contributed by atoms with E-state index in [4.69, 9.17) is 16.3 Å². The second-order valence-corrected chi connectivity index (χ2v) is 6.09. The van der Waals surface area contributed by atoms with Gasteiger partial charge >= 0.3 is 0 Å². The molecule has 1 nitrogen and oxygen atoms in total. The van der Waals surface area contributed by atoms with E-state index in [0.717, 1.165) is 24.2 Å². The first-order valence-corrected chi connectivity index (χ1v) is 8.08.